The van der Waals surface area contributed by atoms with Gasteiger partial charge in [-0.15, -0.1) is 0 Å². The van der Waals surface area contributed by atoms with Crippen LogP contribution in [0.25, 0.3) is 0 Å². The van der Waals surface area contributed by atoms with Gasteiger partial charge in [0.15, 0.2) is 0 Å². The van der Waals surface area contributed by atoms with E-state index in [9.17, 15) is 0 Å². The van der Waals surface area contributed by atoms with Crippen LogP contribution >= 0.6 is 0 Å². The van der Waals surface area contributed by atoms with Crippen LogP contribution in [-0.2, 0) is 0 Å². The van der Waals surface area contributed by atoms with Gasteiger partial charge in [-0.3, -0.25) is 5.01 Å². The minimum absolute atomic E-state index is 0.654. The van der Waals surface area contributed by atoms with Crippen molar-refractivity contribution in [1.29, 1.82) is 0 Å². The van der Waals surface area contributed by atoms with Gasteiger partial charge in [-0.25, -0.2) is 4.99 Å². The second-order valence-electron chi connectivity index (χ2n) is 5.17. The molecule has 0 aliphatic carbocycles. The van der Waals surface area contributed by atoms with Crippen LogP contribution in [0.15, 0.2) is 40.4 Å². The molecule has 0 saturated heterocycles. The van der Waals surface area contributed by atoms with Gasteiger partial charge in [0, 0.05) is 18.7 Å². The van der Waals surface area contributed by atoms with Crippen LogP contribution in [-0.4, -0.2) is 18.1 Å². The highest BCUT2D eigenvalue weighted by molar-refractivity contribution is 5.98. The number of hydrogen-bond acceptors (Lipinski definition) is 3. The fourth-order valence-corrected chi connectivity index (χ4v) is 2.17. The Morgan fingerprint density at radius 2 is 2.06 bits per heavy atom. The molecule has 1 aliphatic rings. The summed E-state index contributed by atoms with van der Waals surface area (Å²) in [4.78, 5) is 4.62. The summed E-state index contributed by atoms with van der Waals surface area (Å²) >= 11 is 0. The molecule has 2 rings (SSSR count). The van der Waals surface area contributed by atoms with Crippen LogP contribution in [0.2, 0.25) is 0 Å². The number of amidine groups is 1. The van der Waals surface area contributed by atoms with Gasteiger partial charge in [0.2, 0.25) is 0 Å². The van der Waals surface area contributed by atoms with Crippen molar-refractivity contribution in [3.05, 3.63) is 30.3 Å². The molecule has 1 aromatic rings. The molecule has 0 unspecified atom stereocenters. The highest BCUT2D eigenvalue weighted by Gasteiger charge is 2.15. The van der Waals surface area contributed by atoms with E-state index in [0.29, 0.717) is 5.92 Å². The number of aliphatic imine (C=N–C) groups is 1. The Kier molecular flexibility index (Phi) is 4.13. The fourth-order valence-electron chi connectivity index (χ4n) is 2.17. The first-order valence-electron chi connectivity index (χ1n) is 6.59. The minimum atomic E-state index is 0.654. The summed E-state index contributed by atoms with van der Waals surface area (Å²) in [7, 11) is 0. The summed E-state index contributed by atoms with van der Waals surface area (Å²) < 4.78 is 0. The van der Waals surface area contributed by atoms with Crippen molar-refractivity contribution in [2.75, 3.05) is 11.6 Å². The van der Waals surface area contributed by atoms with E-state index in [-0.39, 0.29) is 0 Å². The number of anilines is 1. The summed E-state index contributed by atoms with van der Waals surface area (Å²) in [5, 5.41) is 6.60. The number of hydrogen-bond donors (Lipinski definition) is 0. The predicted molar refractivity (Wildman–Crippen MR) is 78.4 cm³/mol. The Bertz CT molecular complexity index is 446. The lowest BCUT2D eigenvalue weighted by molar-refractivity contribution is 0.683. The summed E-state index contributed by atoms with van der Waals surface area (Å²) in [6, 6.07) is 10.3. The second-order valence-corrected chi connectivity index (χ2v) is 5.17. The summed E-state index contributed by atoms with van der Waals surface area (Å²) in [5.41, 5.74) is 2.32. The van der Waals surface area contributed by atoms with E-state index < -0.39 is 0 Å². The van der Waals surface area contributed by atoms with Gasteiger partial charge < -0.3 is 0 Å². The molecule has 3 heteroatoms. The van der Waals surface area contributed by atoms with Gasteiger partial charge >= 0.3 is 0 Å². The van der Waals surface area contributed by atoms with E-state index in [2.05, 4.69) is 43.0 Å². The van der Waals surface area contributed by atoms with E-state index in [0.717, 1.165) is 30.9 Å². The maximum atomic E-state index is 4.62. The third-order valence-corrected chi connectivity index (χ3v) is 2.86. The quantitative estimate of drug-likeness (QED) is 0.744. The van der Waals surface area contributed by atoms with Crippen LogP contribution < -0.4 is 5.01 Å². The second kappa shape index (κ2) is 5.80. The number of rotatable bonds is 3. The Balaban J connectivity index is 2.05. The summed E-state index contributed by atoms with van der Waals surface area (Å²) in [5.74, 6) is 1.61. The summed E-state index contributed by atoms with van der Waals surface area (Å²) in [6.45, 7) is 7.45. The van der Waals surface area contributed by atoms with Crippen molar-refractivity contribution in [2.45, 2.75) is 33.6 Å². The number of nitrogens with zero attached hydrogens (tertiary/aromatic N) is 3. The molecule has 3 nitrogen and oxygen atoms in total. The molecule has 96 valence electrons. The molecule has 0 saturated carbocycles. The van der Waals surface area contributed by atoms with E-state index in [1.807, 2.05) is 23.2 Å². The molecule has 0 radical (unpaired) electrons. The monoisotopic (exact) mass is 243 g/mol. The average molecular weight is 243 g/mol. The van der Waals surface area contributed by atoms with Crippen molar-refractivity contribution in [2.24, 2.45) is 16.0 Å². The van der Waals surface area contributed by atoms with Gasteiger partial charge in [-0.05, 0) is 31.4 Å². The lowest BCUT2D eigenvalue weighted by Gasteiger charge is -2.12. The Morgan fingerprint density at radius 3 is 2.72 bits per heavy atom. The minimum Gasteiger partial charge on any atom is -0.263 e. The average Bonchev–Trinajstić information content (AvgIpc) is 2.77. The van der Waals surface area contributed by atoms with Crippen LogP contribution in [0.3, 0.4) is 0 Å². The topological polar surface area (TPSA) is 28.0 Å². The van der Waals surface area contributed by atoms with Gasteiger partial charge in [0.25, 0.3) is 0 Å². The van der Waals surface area contributed by atoms with Crippen molar-refractivity contribution < 1.29 is 0 Å². The maximum absolute atomic E-state index is 4.62. The Hall–Kier alpha value is -1.64. The molecule has 0 N–H and O–H groups in total. The fraction of sp³-hybridized carbons (Fsp3) is 0.467. The highest BCUT2D eigenvalue weighted by Crippen LogP contribution is 2.19. The van der Waals surface area contributed by atoms with Crippen molar-refractivity contribution >= 4 is 17.2 Å². The van der Waals surface area contributed by atoms with Crippen LogP contribution in [0.5, 0.6) is 0 Å². The number of para-hydroxylation sites is 1. The lowest BCUT2D eigenvalue weighted by atomic mass is 10.1. The zero-order chi connectivity index (χ0) is 13.0. The summed E-state index contributed by atoms with van der Waals surface area (Å²) in [6.07, 6.45) is 1.98. The molecule has 0 bridgehead atoms. The first-order chi connectivity index (χ1) is 8.65. The SMILES string of the molecule is CC(CC(C)C)=NC1=NN(c2ccccc2)CC1. The van der Waals surface area contributed by atoms with Crippen LogP contribution in [0.1, 0.15) is 33.6 Å². The molecule has 0 aromatic heterocycles. The molecule has 0 spiro atoms. The van der Waals surface area contributed by atoms with Gasteiger partial charge in [-0.1, -0.05) is 32.0 Å². The third-order valence-electron chi connectivity index (χ3n) is 2.86. The molecule has 1 heterocycles. The Labute approximate surface area is 109 Å². The van der Waals surface area contributed by atoms with Crippen LogP contribution in [0.4, 0.5) is 5.69 Å². The van der Waals surface area contributed by atoms with Crippen molar-refractivity contribution in [3.8, 4) is 0 Å². The largest absolute Gasteiger partial charge is 0.263 e. The standard InChI is InChI=1S/C15H21N3/c1-12(2)11-13(3)16-15-9-10-18(17-15)14-7-5-4-6-8-14/h4-8,12H,9-11H2,1-3H3. The van der Waals surface area contributed by atoms with E-state index >= 15 is 0 Å². The van der Waals surface area contributed by atoms with Crippen LogP contribution in [0, 0.1) is 5.92 Å². The van der Waals surface area contributed by atoms with Crippen molar-refractivity contribution in [3.63, 3.8) is 0 Å². The van der Waals surface area contributed by atoms with E-state index in [1.165, 1.54) is 5.71 Å². The predicted octanol–water partition coefficient (Wildman–Crippen LogP) is 3.72. The number of hydrazone groups is 1. The molecular formula is C15H21N3. The molecule has 0 amide bonds. The molecule has 0 atom stereocenters. The third kappa shape index (κ3) is 3.42. The van der Waals surface area contributed by atoms with E-state index in [4.69, 9.17) is 0 Å². The van der Waals surface area contributed by atoms with Gasteiger partial charge in [0.1, 0.15) is 5.84 Å². The lowest BCUT2D eigenvalue weighted by Crippen LogP contribution is -2.11. The zero-order valence-corrected chi connectivity index (χ0v) is 11.4. The first-order valence-corrected chi connectivity index (χ1v) is 6.59. The molecular weight excluding hydrogens is 222 g/mol. The smallest absolute Gasteiger partial charge is 0.150 e. The first kappa shape index (κ1) is 12.8. The number of benzene rings is 1. The molecule has 18 heavy (non-hydrogen) atoms. The van der Waals surface area contributed by atoms with Gasteiger partial charge in [0.05, 0.1) is 5.69 Å². The molecule has 0 fully saturated rings. The molecule has 1 aliphatic heterocycles. The highest BCUT2D eigenvalue weighted by atomic mass is 15.5. The van der Waals surface area contributed by atoms with Gasteiger partial charge in [-0.2, -0.15) is 5.10 Å². The normalized spacial score (nSPS) is 16.3. The maximum Gasteiger partial charge on any atom is 0.150 e. The molecule has 1 aromatic carbocycles. The van der Waals surface area contributed by atoms with Crippen molar-refractivity contribution in [1.82, 2.24) is 0 Å². The van der Waals surface area contributed by atoms with E-state index in [1.54, 1.807) is 0 Å². The zero-order valence-electron chi connectivity index (χ0n) is 11.4. The Morgan fingerprint density at radius 1 is 1.33 bits per heavy atom.